The molecular formula is C22H28N2O2. The minimum Gasteiger partial charge on any atom is -0.481 e. The van der Waals surface area contributed by atoms with Gasteiger partial charge in [-0.15, -0.1) is 0 Å². The van der Waals surface area contributed by atoms with Crippen molar-refractivity contribution in [3.8, 4) is 5.75 Å². The number of piperazine rings is 1. The topological polar surface area (TPSA) is 32.8 Å². The van der Waals surface area contributed by atoms with Crippen molar-refractivity contribution in [1.82, 2.24) is 9.80 Å². The molecule has 1 aliphatic heterocycles. The van der Waals surface area contributed by atoms with Gasteiger partial charge in [0, 0.05) is 32.7 Å². The van der Waals surface area contributed by atoms with Gasteiger partial charge in [0.15, 0.2) is 6.10 Å². The minimum atomic E-state index is -0.386. The van der Waals surface area contributed by atoms with Gasteiger partial charge in [-0.05, 0) is 24.1 Å². The van der Waals surface area contributed by atoms with Crippen LogP contribution in [0.5, 0.6) is 5.75 Å². The molecular weight excluding hydrogens is 324 g/mol. The molecule has 4 nitrogen and oxygen atoms in total. The monoisotopic (exact) mass is 352 g/mol. The molecule has 1 amide bonds. The second-order valence-electron chi connectivity index (χ2n) is 6.80. The highest BCUT2D eigenvalue weighted by Crippen LogP contribution is 2.17. The zero-order valence-electron chi connectivity index (χ0n) is 15.5. The Bertz CT molecular complexity index is 667. The highest BCUT2D eigenvalue weighted by atomic mass is 16.5. The fourth-order valence-electron chi connectivity index (χ4n) is 3.33. The highest BCUT2D eigenvalue weighted by Gasteiger charge is 2.28. The highest BCUT2D eigenvalue weighted by molar-refractivity contribution is 5.81. The SMILES string of the molecule is CCCC(Oc1ccccc1)C(=O)N1CCN(Cc2ccccc2)CC1. The Balaban J connectivity index is 1.54. The fourth-order valence-corrected chi connectivity index (χ4v) is 3.33. The number of hydrogen-bond acceptors (Lipinski definition) is 3. The molecule has 1 aliphatic rings. The summed E-state index contributed by atoms with van der Waals surface area (Å²) in [5, 5.41) is 0. The van der Waals surface area contributed by atoms with Crippen molar-refractivity contribution in [1.29, 1.82) is 0 Å². The Hall–Kier alpha value is -2.33. The van der Waals surface area contributed by atoms with Crippen LogP contribution in [0.2, 0.25) is 0 Å². The van der Waals surface area contributed by atoms with Crippen LogP contribution < -0.4 is 4.74 Å². The first-order valence-corrected chi connectivity index (χ1v) is 9.53. The van der Waals surface area contributed by atoms with Crippen molar-refractivity contribution in [2.24, 2.45) is 0 Å². The summed E-state index contributed by atoms with van der Waals surface area (Å²) >= 11 is 0. The molecule has 0 aromatic heterocycles. The van der Waals surface area contributed by atoms with Crippen LogP contribution in [0.15, 0.2) is 60.7 Å². The molecule has 0 radical (unpaired) electrons. The first-order valence-electron chi connectivity index (χ1n) is 9.53. The number of amides is 1. The number of benzene rings is 2. The van der Waals surface area contributed by atoms with Crippen LogP contribution in [0.3, 0.4) is 0 Å². The van der Waals surface area contributed by atoms with Crippen LogP contribution in [0.4, 0.5) is 0 Å². The summed E-state index contributed by atoms with van der Waals surface area (Å²) in [5.74, 6) is 0.886. The molecule has 138 valence electrons. The van der Waals surface area contributed by atoms with Gasteiger partial charge in [0.05, 0.1) is 0 Å². The lowest BCUT2D eigenvalue weighted by molar-refractivity contribution is -0.140. The van der Waals surface area contributed by atoms with Gasteiger partial charge in [-0.2, -0.15) is 0 Å². The maximum atomic E-state index is 12.9. The van der Waals surface area contributed by atoms with Crippen molar-refractivity contribution >= 4 is 5.91 Å². The van der Waals surface area contributed by atoms with Crippen molar-refractivity contribution in [3.05, 3.63) is 66.2 Å². The maximum absolute atomic E-state index is 12.9. The maximum Gasteiger partial charge on any atom is 0.263 e. The van der Waals surface area contributed by atoms with Crippen molar-refractivity contribution in [3.63, 3.8) is 0 Å². The number of carbonyl (C=O) groups is 1. The van der Waals surface area contributed by atoms with Crippen LogP contribution >= 0.6 is 0 Å². The smallest absolute Gasteiger partial charge is 0.263 e. The van der Waals surface area contributed by atoms with Crippen LogP contribution in [-0.2, 0) is 11.3 Å². The molecule has 2 aromatic carbocycles. The lowest BCUT2D eigenvalue weighted by Crippen LogP contribution is -2.52. The summed E-state index contributed by atoms with van der Waals surface area (Å²) in [4.78, 5) is 17.3. The third-order valence-electron chi connectivity index (χ3n) is 4.78. The van der Waals surface area contributed by atoms with Crippen molar-refractivity contribution in [2.45, 2.75) is 32.4 Å². The third kappa shape index (κ3) is 5.09. The van der Waals surface area contributed by atoms with Crippen LogP contribution in [0, 0.1) is 0 Å². The van der Waals surface area contributed by atoms with Crippen molar-refractivity contribution in [2.75, 3.05) is 26.2 Å². The van der Waals surface area contributed by atoms with E-state index in [1.165, 1.54) is 5.56 Å². The van der Waals surface area contributed by atoms with Gasteiger partial charge >= 0.3 is 0 Å². The number of ether oxygens (including phenoxy) is 1. The van der Waals surface area contributed by atoms with E-state index < -0.39 is 0 Å². The lowest BCUT2D eigenvalue weighted by Gasteiger charge is -2.36. The molecule has 3 rings (SSSR count). The molecule has 0 spiro atoms. The molecule has 1 fully saturated rings. The normalized spacial score (nSPS) is 16.3. The van der Waals surface area contributed by atoms with Crippen LogP contribution in [0.1, 0.15) is 25.3 Å². The molecule has 0 bridgehead atoms. The molecule has 4 heteroatoms. The number of carbonyl (C=O) groups excluding carboxylic acids is 1. The molecule has 1 heterocycles. The predicted octanol–water partition coefficient (Wildman–Crippen LogP) is 3.58. The number of nitrogens with zero attached hydrogens (tertiary/aromatic N) is 2. The third-order valence-corrected chi connectivity index (χ3v) is 4.78. The number of hydrogen-bond donors (Lipinski definition) is 0. The fraction of sp³-hybridized carbons (Fsp3) is 0.409. The number of para-hydroxylation sites is 1. The Kier molecular flexibility index (Phi) is 6.67. The average Bonchev–Trinajstić information content (AvgIpc) is 2.69. The quantitative estimate of drug-likeness (QED) is 0.764. The van der Waals surface area contributed by atoms with Gasteiger partial charge in [0.1, 0.15) is 5.75 Å². The van der Waals surface area contributed by atoms with E-state index in [0.717, 1.165) is 51.3 Å². The second kappa shape index (κ2) is 9.39. The van der Waals surface area contributed by atoms with Gasteiger partial charge < -0.3 is 9.64 Å². The molecule has 1 atom stereocenters. The zero-order chi connectivity index (χ0) is 18.2. The Morgan fingerprint density at radius 1 is 0.962 bits per heavy atom. The van der Waals surface area contributed by atoms with Gasteiger partial charge in [-0.3, -0.25) is 9.69 Å². The van der Waals surface area contributed by atoms with Gasteiger partial charge in [-0.25, -0.2) is 0 Å². The van der Waals surface area contributed by atoms with Gasteiger partial charge in [0.25, 0.3) is 5.91 Å². The minimum absolute atomic E-state index is 0.120. The predicted molar refractivity (Wildman–Crippen MR) is 104 cm³/mol. The molecule has 0 aliphatic carbocycles. The molecule has 1 saturated heterocycles. The van der Waals surface area contributed by atoms with Crippen molar-refractivity contribution < 1.29 is 9.53 Å². The van der Waals surface area contributed by atoms with Gasteiger partial charge in [-0.1, -0.05) is 61.9 Å². The summed E-state index contributed by atoms with van der Waals surface area (Å²) in [7, 11) is 0. The van der Waals surface area contributed by atoms with E-state index in [1.807, 2.05) is 41.3 Å². The Labute approximate surface area is 156 Å². The second-order valence-corrected chi connectivity index (χ2v) is 6.80. The lowest BCUT2D eigenvalue weighted by atomic mass is 10.1. The molecule has 2 aromatic rings. The van der Waals surface area contributed by atoms with Crippen LogP contribution in [0.25, 0.3) is 0 Å². The van der Waals surface area contributed by atoms with E-state index >= 15 is 0 Å². The molecule has 26 heavy (non-hydrogen) atoms. The van der Waals surface area contributed by atoms with Gasteiger partial charge in [0.2, 0.25) is 0 Å². The standard InChI is InChI=1S/C22H28N2O2/c1-2-9-21(26-20-12-7-4-8-13-20)22(25)24-16-14-23(15-17-24)18-19-10-5-3-6-11-19/h3-8,10-13,21H,2,9,14-18H2,1H3. The first kappa shape index (κ1) is 18.5. The zero-order valence-corrected chi connectivity index (χ0v) is 15.5. The van der Waals surface area contributed by atoms with Crippen LogP contribution in [-0.4, -0.2) is 48.0 Å². The first-order chi connectivity index (χ1) is 12.8. The number of rotatable bonds is 7. The largest absolute Gasteiger partial charge is 0.481 e. The summed E-state index contributed by atoms with van der Waals surface area (Å²) in [5.41, 5.74) is 1.32. The summed E-state index contributed by atoms with van der Waals surface area (Å²) in [6, 6.07) is 20.1. The Morgan fingerprint density at radius 2 is 1.58 bits per heavy atom. The van der Waals surface area contributed by atoms with E-state index in [0.29, 0.717) is 0 Å². The van der Waals surface area contributed by atoms with E-state index in [-0.39, 0.29) is 12.0 Å². The Morgan fingerprint density at radius 3 is 2.19 bits per heavy atom. The summed E-state index contributed by atoms with van der Waals surface area (Å²) in [6.07, 6.45) is 1.29. The summed E-state index contributed by atoms with van der Waals surface area (Å²) in [6.45, 7) is 6.39. The molecule has 0 saturated carbocycles. The average molecular weight is 352 g/mol. The van der Waals surface area contributed by atoms with E-state index in [1.54, 1.807) is 0 Å². The summed E-state index contributed by atoms with van der Waals surface area (Å²) < 4.78 is 5.99. The van der Waals surface area contributed by atoms with E-state index in [9.17, 15) is 4.79 Å². The van der Waals surface area contributed by atoms with E-state index in [4.69, 9.17) is 4.74 Å². The molecule has 1 unspecified atom stereocenters. The van der Waals surface area contributed by atoms with E-state index in [2.05, 4.69) is 36.1 Å². The molecule has 0 N–H and O–H groups in total.